The van der Waals surface area contributed by atoms with Gasteiger partial charge in [0.25, 0.3) is 0 Å². The van der Waals surface area contributed by atoms with E-state index in [4.69, 9.17) is 14.6 Å². The van der Waals surface area contributed by atoms with Gasteiger partial charge in [-0.15, -0.1) is 0 Å². The van der Waals surface area contributed by atoms with E-state index in [1.807, 2.05) is 43.3 Å². The SMILES string of the molecule is COc1ccc(C)cc1COc1cccc(CO)c1. The molecule has 2 aromatic rings. The quantitative estimate of drug-likeness (QED) is 0.895. The van der Waals surface area contributed by atoms with Gasteiger partial charge in [0.1, 0.15) is 18.1 Å². The molecule has 0 heterocycles. The molecule has 3 nitrogen and oxygen atoms in total. The van der Waals surface area contributed by atoms with Gasteiger partial charge in [-0.2, -0.15) is 0 Å². The smallest absolute Gasteiger partial charge is 0.125 e. The third-order valence-electron chi connectivity index (χ3n) is 2.91. The Labute approximate surface area is 113 Å². The van der Waals surface area contributed by atoms with Crippen LogP contribution >= 0.6 is 0 Å². The normalized spacial score (nSPS) is 10.3. The molecule has 0 aliphatic rings. The van der Waals surface area contributed by atoms with E-state index in [2.05, 4.69) is 6.07 Å². The standard InChI is InChI=1S/C16H18O3/c1-12-6-7-16(18-2)14(8-12)11-19-15-5-3-4-13(9-15)10-17/h3-9,17H,10-11H2,1-2H3. The van der Waals surface area contributed by atoms with Gasteiger partial charge in [0.15, 0.2) is 0 Å². The van der Waals surface area contributed by atoms with Crippen molar-refractivity contribution in [1.29, 1.82) is 0 Å². The summed E-state index contributed by atoms with van der Waals surface area (Å²) >= 11 is 0. The monoisotopic (exact) mass is 258 g/mol. The molecule has 0 atom stereocenters. The first kappa shape index (κ1) is 13.4. The molecular weight excluding hydrogens is 240 g/mol. The topological polar surface area (TPSA) is 38.7 Å². The predicted octanol–water partition coefficient (Wildman–Crippen LogP) is 3.07. The number of hydrogen-bond acceptors (Lipinski definition) is 3. The first-order chi connectivity index (χ1) is 9.22. The van der Waals surface area contributed by atoms with E-state index >= 15 is 0 Å². The van der Waals surface area contributed by atoms with Crippen molar-refractivity contribution in [3.63, 3.8) is 0 Å². The third-order valence-corrected chi connectivity index (χ3v) is 2.91. The zero-order chi connectivity index (χ0) is 13.7. The van der Waals surface area contributed by atoms with Gasteiger partial charge in [-0.25, -0.2) is 0 Å². The fourth-order valence-corrected chi connectivity index (χ4v) is 1.91. The summed E-state index contributed by atoms with van der Waals surface area (Å²) in [5, 5.41) is 9.09. The fourth-order valence-electron chi connectivity index (χ4n) is 1.91. The Morgan fingerprint density at radius 3 is 2.68 bits per heavy atom. The van der Waals surface area contributed by atoms with E-state index in [0.717, 1.165) is 22.6 Å². The maximum atomic E-state index is 9.09. The molecule has 0 saturated heterocycles. The average molecular weight is 258 g/mol. The van der Waals surface area contributed by atoms with Crippen LogP contribution in [0.15, 0.2) is 42.5 Å². The summed E-state index contributed by atoms with van der Waals surface area (Å²) in [6.07, 6.45) is 0. The lowest BCUT2D eigenvalue weighted by Crippen LogP contribution is -1.99. The maximum Gasteiger partial charge on any atom is 0.125 e. The maximum absolute atomic E-state index is 9.09. The number of aliphatic hydroxyl groups is 1. The van der Waals surface area contributed by atoms with Crippen LogP contribution in [0.4, 0.5) is 0 Å². The van der Waals surface area contributed by atoms with E-state index in [0.29, 0.717) is 6.61 Å². The van der Waals surface area contributed by atoms with Crippen LogP contribution in [-0.4, -0.2) is 12.2 Å². The number of aliphatic hydroxyl groups excluding tert-OH is 1. The van der Waals surface area contributed by atoms with Gasteiger partial charge in [0.05, 0.1) is 13.7 Å². The van der Waals surface area contributed by atoms with Gasteiger partial charge in [0, 0.05) is 5.56 Å². The van der Waals surface area contributed by atoms with E-state index in [9.17, 15) is 0 Å². The number of methoxy groups -OCH3 is 1. The lowest BCUT2D eigenvalue weighted by molar-refractivity contribution is 0.276. The minimum Gasteiger partial charge on any atom is -0.496 e. The van der Waals surface area contributed by atoms with Gasteiger partial charge in [-0.1, -0.05) is 23.8 Å². The van der Waals surface area contributed by atoms with Crippen LogP contribution in [0.5, 0.6) is 11.5 Å². The zero-order valence-electron chi connectivity index (χ0n) is 11.2. The largest absolute Gasteiger partial charge is 0.496 e. The molecule has 1 N–H and O–H groups in total. The second-order valence-corrected chi connectivity index (χ2v) is 4.41. The number of hydrogen-bond donors (Lipinski definition) is 1. The summed E-state index contributed by atoms with van der Waals surface area (Å²) < 4.78 is 11.1. The average Bonchev–Trinajstić information content (AvgIpc) is 2.45. The van der Waals surface area contributed by atoms with Gasteiger partial charge in [-0.3, -0.25) is 0 Å². The Balaban J connectivity index is 2.11. The van der Waals surface area contributed by atoms with Crippen molar-refractivity contribution in [3.8, 4) is 11.5 Å². The fraction of sp³-hybridized carbons (Fsp3) is 0.250. The molecule has 100 valence electrons. The van der Waals surface area contributed by atoms with Gasteiger partial charge >= 0.3 is 0 Å². The first-order valence-electron chi connectivity index (χ1n) is 6.19. The molecule has 2 aromatic carbocycles. The number of rotatable bonds is 5. The van der Waals surface area contributed by atoms with Crippen LogP contribution in [-0.2, 0) is 13.2 Å². The number of aryl methyl sites for hydroxylation is 1. The van der Waals surface area contributed by atoms with Crippen molar-refractivity contribution in [2.24, 2.45) is 0 Å². The van der Waals surface area contributed by atoms with Crippen LogP contribution in [0.3, 0.4) is 0 Å². The van der Waals surface area contributed by atoms with Gasteiger partial charge < -0.3 is 14.6 Å². The molecule has 0 unspecified atom stereocenters. The molecule has 0 aromatic heterocycles. The first-order valence-corrected chi connectivity index (χ1v) is 6.19. The highest BCUT2D eigenvalue weighted by molar-refractivity contribution is 5.37. The van der Waals surface area contributed by atoms with Crippen molar-refractivity contribution >= 4 is 0 Å². The van der Waals surface area contributed by atoms with Gasteiger partial charge in [-0.05, 0) is 36.8 Å². The summed E-state index contributed by atoms with van der Waals surface area (Å²) in [6, 6.07) is 13.4. The molecule has 3 heteroatoms. The number of ether oxygens (including phenoxy) is 2. The van der Waals surface area contributed by atoms with Crippen LogP contribution in [0.2, 0.25) is 0 Å². The molecule has 0 spiro atoms. The Morgan fingerprint density at radius 2 is 1.95 bits per heavy atom. The highest BCUT2D eigenvalue weighted by Crippen LogP contribution is 2.22. The van der Waals surface area contributed by atoms with Crippen molar-refractivity contribution in [2.45, 2.75) is 20.1 Å². The minimum absolute atomic E-state index is 0.0188. The van der Waals surface area contributed by atoms with Gasteiger partial charge in [0.2, 0.25) is 0 Å². The van der Waals surface area contributed by atoms with E-state index in [1.165, 1.54) is 5.56 Å². The van der Waals surface area contributed by atoms with Crippen LogP contribution < -0.4 is 9.47 Å². The summed E-state index contributed by atoms with van der Waals surface area (Å²) in [6.45, 7) is 2.50. The summed E-state index contributed by atoms with van der Waals surface area (Å²) in [5.41, 5.74) is 3.02. The molecule has 0 aliphatic carbocycles. The minimum atomic E-state index is 0.0188. The Kier molecular flexibility index (Phi) is 4.42. The lowest BCUT2D eigenvalue weighted by Gasteiger charge is -2.11. The summed E-state index contributed by atoms with van der Waals surface area (Å²) in [7, 11) is 1.65. The molecule has 0 saturated carbocycles. The molecule has 0 amide bonds. The van der Waals surface area contributed by atoms with Crippen molar-refractivity contribution in [2.75, 3.05) is 7.11 Å². The molecular formula is C16H18O3. The Bertz CT molecular complexity index is 549. The van der Waals surface area contributed by atoms with Crippen molar-refractivity contribution in [3.05, 3.63) is 59.2 Å². The zero-order valence-corrected chi connectivity index (χ0v) is 11.2. The highest BCUT2D eigenvalue weighted by Gasteiger charge is 2.04. The number of benzene rings is 2. The molecule has 19 heavy (non-hydrogen) atoms. The van der Waals surface area contributed by atoms with Crippen LogP contribution in [0, 0.1) is 6.92 Å². The van der Waals surface area contributed by atoms with E-state index in [1.54, 1.807) is 7.11 Å². The van der Waals surface area contributed by atoms with Crippen LogP contribution in [0.25, 0.3) is 0 Å². The molecule has 0 bridgehead atoms. The Hall–Kier alpha value is -2.00. The second kappa shape index (κ2) is 6.25. The summed E-state index contributed by atoms with van der Waals surface area (Å²) in [5.74, 6) is 1.57. The molecule has 0 fully saturated rings. The molecule has 0 radical (unpaired) electrons. The lowest BCUT2D eigenvalue weighted by atomic mass is 10.1. The molecule has 0 aliphatic heterocycles. The highest BCUT2D eigenvalue weighted by atomic mass is 16.5. The van der Waals surface area contributed by atoms with Crippen molar-refractivity contribution < 1.29 is 14.6 Å². The van der Waals surface area contributed by atoms with E-state index in [-0.39, 0.29) is 6.61 Å². The predicted molar refractivity (Wildman–Crippen MR) is 74.4 cm³/mol. The Morgan fingerprint density at radius 1 is 1.11 bits per heavy atom. The van der Waals surface area contributed by atoms with Crippen LogP contribution in [0.1, 0.15) is 16.7 Å². The van der Waals surface area contributed by atoms with Crippen molar-refractivity contribution in [1.82, 2.24) is 0 Å². The molecule has 2 rings (SSSR count). The summed E-state index contributed by atoms with van der Waals surface area (Å²) in [4.78, 5) is 0. The second-order valence-electron chi connectivity index (χ2n) is 4.41. The third kappa shape index (κ3) is 3.48. The van der Waals surface area contributed by atoms with E-state index < -0.39 is 0 Å².